The van der Waals surface area contributed by atoms with Crippen molar-refractivity contribution in [2.24, 2.45) is 11.7 Å². The second-order valence-corrected chi connectivity index (χ2v) is 4.82. The van der Waals surface area contributed by atoms with Gasteiger partial charge in [-0.05, 0) is 18.8 Å². The Labute approximate surface area is 103 Å². The summed E-state index contributed by atoms with van der Waals surface area (Å²) in [6.45, 7) is 0. The molecule has 94 valence electrons. The molecule has 0 spiro atoms. The topological polar surface area (TPSA) is 61.0 Å². The van der Waals surface area contributed by atoms with E-state index >= 15 is 0 Å². The summed E-state index contributed by atoms with van der Waals surface area (Å²) in [6.07, 6.45) is 8.92. The van der Waals surface area contributed by atoms with Crippen molar-refractivity contribution < 1.29 is 4.74 Å². The van der Waals surface area contributed by atoms with E-state index in [2.05, 4.69) is 9.97 Å². The highest BCUT2D eigenvalue weighted by molar-refractivity contribution is 5.14. The lowest BCUT2D eigenvalue weighted by Gasteiger charge is -2.27. The predicted octanol–water partition coefficient (Wildman–Crippen LogP) is 1.94. The van der Waals surface area contributed by atoms with E-state index in [0.29, 0.717) is 11.8 Å². The average Bonchev–Trinajstić information content (AvgIpc) is 2.40. The molecule has 1 saturated carbocycles. The van der Waals surface area contributed by atoms with Crippen LogP contribution in [-0.2, 0) is 6.42 Å². The molecule has 1 fully saturated rings. The standard InChI is InChI=1S/C13H21N3O/c1-17-13-8-11(15-9-16-13)7-12(14)10-5-3-2-4-6-10/h8-10,12H,2-7,14H2,1H3. The van der Waals surface area contributed by atoms with Crippen LogP contribution in [0.3, 0.4) is 0 Å². The Bertz CT molecular complexity index is 350. The fourth-order valence-corrected chi connectivity index (χ4v) is 2.57. The van der Waals surface area contributed by atoms with Gasteiger partial charge in [0.15, 0.2) is 0 Å². The minimum atomic E-state index is 0.218. The van der Waals surface area contributed by atoms with E-state index in [0.717, 1.165) is 12.1 Å². The van der Waals surface area contributed by atoms with Crippen LogP contribution in [0.25, 0.3) is 0 Å². The number of aromatic nitrogens is 2. The normalized spacial score (nSPS) is 18.9. The monoisotopic (exact) mass is 235 g/mol. The Morgan fingerprint density at radius 3 is 2.82 bits per heavy atom. The van der Waals surface area contributed by atoms with E-state index < -0.39 is 0 Å². The first-order chi connectivity index (χ1) is 8.29. The smallest absolute Gasteiger partial charge is 0.216 e. The van der Waals surface area contributed by atoms with Gasteiger partial charge in [-0.1, -0.05) is 19.3 Å². The van der Waals surface area contributed by atoms with Crippen LogP contribution < -0.4 is 10.5 Å². The second kappa shape index (κ2) is 5.96. The molecular weight excluding hydrogens is 214 g/mol. The Morgan fingerprint density at radius 2 is 2.12 bits per heavy atom. The van der Waals surface area contributed by atoms with Crippen molar-refractivity contribution in [1.82, 2.24) is 9.97 Å². The number of hydrogen-bond donors (Lipinski definition) is 1. The van der Waals surface area contributed by atoms with Crippen LogP contribution in [0.5, 0.6) is 5.88 Å². The molecule has 1 atom stereocenters. The number of nitrogens with zero attached hydrogens (tertiary/aromatic N) is 2. The lowest BCUT2D eigenvalue weighted by Crippen LogP contribution is -2.33. The first-order valence-electron chi connectivity index (χ1n) is 6.40. The van der Waals surface area contributed by atoms with Crippen LogP contribution in [0.1, 0.15) is 37.8 Å². The maximum Gasteiger partial charge on any atom is 0.216 e. The SMILES string of the molecule is COc1cc(CC(N)C2CCCCC2)ncn1. The van der Waals surface area contributed by atoms with E-state index in [1.807, 2.05) is 6.07 Å². The van der Waals surface area contributed by atoms with E-state index in [1.54, 1.807) is 13.4 Å². The highest BCUT2D eigenvalue weighted by Crippen LogP contribution is 2.26. The van der Waals surface area contributed by atoms with Gasteiger partial charge in [-0.15, -0.1) is 0 Å². The molecule has 1 aliphatic carbocycles. The van der Waals surface area contributed by atoms with E-state index in [1.165, 1.54) is 32.1 Å². The van der Waals surface area contributed by atoms with Crippen molar-refractivity contribution >= 4 is 0 Å². The molecule has 1 aromatic rings. The summed E-state index contributed by atoms with van der Waals surface area (Å²) in [6, 6.07) is 2.10. The van der Waals surface area contributed by atoms with E-state index in [9.17, 15) is 0 Å². The molecule has 1 unspecified atom stereocenters. The molecule has 0 amide bonds. The second-order valence-electron chi connectivity index (χ2n) is 4.82. The molecule has 4 nitrogen and oxygen atoms in total. The van der Waals surface area contributed by atoms with E-state index in [4.69, 9.17) is 10.5 Å². The summed E-state index contributed by atoms with van der Waals surface area (Å²) in [5.74, 6) is 1.27. The molecular formula is C13H21N3O. The highest BCUT2D eigenvalue weighted by Gasteiger charge is 2.21. The summed E-state index contributed by atoms with van der Waals surface area (Å²) in [5.41, 5.74) is 7.25. The zero-order chi connectivity index (χ0) is 12.1. The summed E-state index contributed by atoms with van der Waals surface area (Å²) < 4.78 is 5.09. The largest absolute Gasteiger partial charge is 0.481 e. The number of rotatable bonds is 4. The third-order valence-corrected chi connectivity index (χ3v) is 3.61. The maximum atomic E-state index is 6.27. The number of ether oxygens (including phenoxy) is 1. The van der Waals surface area contributed by atoms with Crippen molar-refractivity contribution in [2.75, 3.05) is 7.11 Å². The van der Waals surface area contributed by atoms with Gasteiger partial charge in [-0.25, -0.2) is 9.97 Å². The van der Waals surface area contributed by atoms with Crippen LogP contribution in [0.15, 0.2) is 12.4 Å². The molecule has 1 aromatic heterocycles. The quantitative estimate of drug-likeness (QED) is 0.866. The van der Waals surface area contributed by atoms with Gasteiger partial charge in [0, 0.05) is 24.2 Å². The van der Waals surface area contributed by atoms with Gasteiger partial charge in [0.2, 0.25) is 5.88 Å². The molecule has 0 bridgehead atoms. The molecule has 4 heteroatoms. The Morgan fingerprint density at radius 1 is 1.35 bits per heavy atom. The molecule has 2 rings (SSSR count). The van der Waals surface area contributed by atoms with Crippen LogP contribution >= 0.6 is 0 Å². The molecule has 17 heavy (non-hydrogen) atoms. The first kappa shape index (κ1) is 12.3. The van der Waals surface area contributed by atoms with Crippen LogP contribution in [0.2, 0.25) is 0 Å². The van der Waals surface area contributed by atoms with Gasteiger partial charge < -0.3 is 10.5 Å². The lowest BCUT2D eigenvalue weighted by atomic mass is 9.82. The van der Waals surface area contributed by atoms with Crippen LogP contribution in [-0.4, -0.2) is 23.1 Å². The molecule has 0 aromatic carbocycles. The molecule has 0 aliphatic heterocycles. The Hall–Kier alpha value is -1.16. The molecule has 0 saturated heterocycles. The predicted molar refractivity (Wildman–Crippen MR) is 66.8 cm³/mol. The zero-order valence-electron chi connectivity index (χ0n) is 10.4. The van der Waals surface area contributed by atoms with Crippen molar-refractivity contribution in [2.45, 2.75) is 44.6 Å². The first-order valence-corrected chi connectivity index (χ1v) is 6.40. The van der Waals surface area contributed by atoms with Crippen LogP contribution in [0, 0.1) is 5.92 Å². The van der Waals surface area contributed by atoms with Gasteiger partial charge in [0.25, 0.3) is 0 Å². The van der Waals surface area contributed by atoms with Crippen molar-refractivity contribution in [3.05, 3.63) is 18.1 Å². The number of nitrogens with two attached hydrogens (primary N) is 1. The molecule has 0 radical (unpaired) electrons. The summed E-state index contributed by atoms with van der Waals surface area (Å²) in [5, 5.41) is 0. The van der Waals surface area contributed by atoms with Gasteiger partial charge in [-0.2, -0.15) is 0 Å². The zero-order valence-corrected chi connectivity index (χ0v) is 10.4. The summed E-state index contributed by atoms with van der Waals surface area (Å²) in [4.78, 5) is 8.25. The Balaban J connectivity index is 1.94. The van der Waals surface area contributed by atoms with Crippen LogP contribution in [0.4, 0.5) is 0 Å². The average molecular weight is 235 g/mol. The summed E-state index contributed by atoms with van der Waals surface area (Å²) in [7, 11) is 1.62. The molecule has 1 heterocycles. The number of methoxy groups -OCH3 is 1. The highest BCUT2D eigenvalue weighted by atomic mass is 16.5. The fraction of sp³-hybridized carbons (Fsp3) is 0.692. The number of hydrogen-bond acceptors (Lipinski definition) is 4. The van der Waals surface area contributed by atoms with Crippen molar-refractivity contribution in [3.8, 4) is 5.88 Å². The van der Waals surface area contributed by atoms with Gasteiger partial charge >= 0.3 is 0 Å². The van der Waals surface area contributed by atoms with E-state index in [-0.39, 0.29) is 6.04 Å². The minimum absolute atomic E-state index is 0.218. The van der Waals surface area contributed by atoms with Gasteiger partial charge in [0.05, 0.1) is 7.11 Å². The maximum absolute atomic E-state index is 6.27. The molecule has 1 aliphatic rings. The molecule has 2 N–H and O–H groups in total. The van der Waals surface area contributed by atoms with Crippen molar-refractivity contribution in [3.63, 3.8) is 0 Å². The van der Waals surface area contributed by atoms with Gasteiger partial charge in [0.1, 0.15) is 6.33 Å². The summed E-state index contributed by atoms with van der Waals surface area (Å²) >= 11 is 0. The minimum Gasteiger partial charge on any atom is -0.481 e. The fourth-order valence-electron chi connectivity index (χ4n) is 2.57. The third-order valence-electron chi connectivity index (χ3n) is 3.61. The lowest BCUT2D eigenvalue weighted by molar-refractivity contribution is 0.302. The third kappa shape index (κ3) is 3.40. The van der Waals surface area contributed by atoms with Gasteiger partial charge in [-0.3, -0.25) is 0 Å². The van der Waals surface area contributed by atoms with Crippen molar-refractivity contribution in [1.29, 1.82) is 0 Å². The Kier molecular flexibility index (Phi) is 4.31.